The Kier molecular flexibility index (Phi) is 10.8. The van der Waals surface area contributed by atoms with Gasteiger partial charge < -0.3 is 24.6 Å². The number of hydrogen-bond donors (Lipinski definition) is 2. The average molecular weight is 677 g/mol. The number of alkyl halides is 6. The maximum atomic E-state index is 13.7. The molecule has 2 unspecified atom stereocenters. The SMILES string of the molecule is CCCc1cc(C(O)(C(F)(F)F)C(F)(F)F)cc(CC(C)C)c1OCCCCN1C(=O)NC(CC)(C2C=CC3=C(C2)OCCO3)C1=O. The van der Waals surface area contributed by atoms with E-state index >= 15 is 0 Å². The first kappa shape index (κ1) is 36.4. The van der Waals surface area contributed by atoms with Crippen molar-refractivity contribution in [3.05, 3.63) is 52.5 Å². The third kappa shape index (κ3) is 7.07. The topological polar surface area (TPSA) is 97.3 Å². The molecule has 0 radical (unpaired) electrons. The zero-order valence-electron chi connectivity index (χ0n) is 26.9. The van der Waals surface area contributed by atoms with Gasteiger partial charge in [0, 0.05) is 24.4 Å². The molecule has 0 aromatic heterocycles. The summed E-state index contributed by atoms with van der Waals surface area (Å²) in [5, 5.41) is 13.0. The Labute approximate surface area is 270 Å². The highest BCUT2D eigenvalue weighted by Crippen LogP contribution is 2.51. The Bertz CT molecular complexity index is 1370. The summed E-state index contributed by atoms with van der Waals surface area (Å²) in [5.41, 5.74) is -7.25. The Hall–Kier alpha value is -3.42. The number of aliphatic hydroxyl groups is 1. The van der Waals surface area contributed by atoms with Crippen LogP contribution in [0.4, 0.5) is 31.1 Å². The molecule has 2 heterocycles. The second-order valence-corrected chi connectivity index (χ2v) is 12.6. The molecule has 4 rings (SSSR count). The van der Waals surface area contributed by atoms with Gasteiger partial charge in [0.2, 0.25) is 0 Å². The lowest BCUT2D eigenvalue weighted by Gasteiger charge is -2.36. The molecule has 262 valence electrons. The standard InChI is InChI=1S/C33H42F6N2O6/c1-5-9-21-17-24(31(44,32(34,35)36)33(37,38)39)18-22(16-20(3)4)27(21)47-13-8-7-12-41-28(42)30(6-2,40-29(41)43)23-10-11-25-26(19-23)46-15-14-45-25/h10-11,17-18,20,23,44H,5-9,12-16,19H2,1-4H3,(H,40,43). The van der Waals surface area contributed by atoms with E-state index in [0.29, 0.717) is 56.8 Å². The van der Waals surface area contributed by atoms with Crippen LogP contribution in [0.25, 0.3) is 0 Å². The molecule has 1 saturated heterocycles. The van der Waals surface area contributed by atoms with Crippen LogP contribution in [-0.4, -0.2) is 66.2 Å². The van der Waals surface area contributed by atoms with Crippen LogP contribution in [0, 0.1) is 11.8 Å². The van der Waals surface area contributed by atoms with Crippen LogP contribution in [0.2, 0.25) is 0 Å². The van der Waals surface area contributed by atoms with E-state index in [9.17, 15) is 41.0 Å². The molecule has 0 bridgehead atoms. The minimum Gasteiger partial charge on any atom is -0.493 e. The molecule has 2 aliphatic heterocycles. The van der Waals surface area contributed by atoms with Gasteiger partial charge in [0.05, 0.1) is 6.61 Å². The van der Waals surface area contributed by atoms with Gasteiger partial charge in [0.25, 0.3) is 11.5 Å². The zero-order chi connectivity index (χ0) is 34.8. The second kappa shape index (κ2) is 14.0. The van der Waals surface area contributed by atoms with Crippen LogP contribution in [0.5, 0.6) is 5.75 Å². The molecule has 1 fully saturated rings. The monoisotopic (exact) mass is 676 g/mol. The molecule has 1 aromatic carbocycles. The van der Waals surface area contributed by atoms with E-state index in [-0.39, 0.29) is 60.6 Å². The van der Waals surface area contributed by atoms with Gasteiger partial charge in [0.15, 0.2) is 5.76 Å². The van der Waals surface area contributed by atoms with Crippen molar-refractivity contribution in [2.24, 2.45) is 11.8 Å². The molecular weight excluding hydrogens is 634 g/mol. The van der Waals surface area contributed by atoms with E-state index in [4.69, 9.17) is 14.2 Å². The van der Waals surface area contributed by atoms with E-state index in [2.05, 4.69) is 5.32 Å². The van der Waals surface area contributed by atoms with Crippen LogP contribution in [0.15, 0.2) is 35.8 Å². The highest BCUT2D eigenvalue weighted by molar-refractivity contribution is 6.07. The quantitative estimate of drug-likeness (QED) is 0.135. The molecule has 3 amide bonds. The maximum absolute atomic E-state index is 13.7. The average Bonchev–Trinajstić information content (AvgIpc) is 3.25. The number of unbranched alkanes of at least 4 members (excludes halogenated alkanes) is 1. The normalized spacial score (nSPS) is 22.0. The number of halogens is 6. The fourth-order valence-corrected chi connectivity index (χ4v) is 6.41. The van der Waals surface area contributed by atoms with Crippen LogP contribution in [-0.2, 0) is 32.7 Å². The Morgan fingerprint density at radius 3 is 2.32 bits per heavy atom. The van der Waals surface area contributed by atoms with E-state index in [1.165, 1.54) is 0 Å². The molecule has 3 aliphatic rings. The molecule has 1 aliphatic carbocycles. The van der Waals surface area contributed by atoms with Crippen molar-refractivity contribution in [3.63, 3.8) is 0 Å². The van der Waals surface area contributed by atoms with E-state index < -0.39 is 35.1 Å². The summed E-state index contributed by atoms with van der Waals surface area (Å²) in [7, 11) is 0. The number of nitrogens with zero attached hydrogens (tertiary/aromatic N) is 1. The lowest BCUT2D eigenvalue weighted by Crippen LogP contribution is -2.54. The summed E-state index contributed by atoms with van der Waals surface area (Å²) >= 11 is 0. The maximum Gasteiger partial charge on any atom is 0.430 e. The van der Waals surface area contributed by atoms with Gasteiger partial charge in [-0.05, 0) is 67.4 Å². The number of aryl methyl sites for hydroxylation is 1. The number of allylic oxidation sites excluding steroid dienone is 2. The van der Waals surface area contributed by atoms with Crippen LogP contribution >= 0.6 is 0 Å². The number of benzene rings is 1. The van der Waals surface area contributed by atoms with Gasteiger partial charge in [-0.15, -0.1) is 0 Å². The molecule has 0 saturated carbocycles. The van der Waals surface area contributed by atoms with Gasteiger partial charge in [0.1, 0.15) is 30.3 Å². The molecular formula is C33H42F6N2O6. The smallest absolute Gasteiger partial charge is 0.430 e. The van der Waals surface area contributed by atoms with E-state index in [1.807, 2.05) is 13.0 Å². The van der Waals surface area contributed by atoms with Crippen molar-refractivity contribution < 1.29 is 55.2 Å². The lowest BCUT2D eigenvalue weighted by molar-refractivity contribution is -0.376. The Morgan fingerprint density at radius 1 is 1.04 bits per heavy atom. The van der Waals surface area contributed by atoms with E-state index in [1.54, 1.807) is 26.8 Å². The summed E-state index contributed by atoms with van der Waals surface area (Å²) in [6.45, 7) is 8.03. The second-order valence-electron chi connectivity index (χ2n) is 12.6. The number of urea groups is 1. The number of carbonyl (C=O) groups is 2. The van der Waals surface area contributed by atoms with Gasteiger partial charge in [-0.3, -0.25) is 9.69 Å². The van der Waals surface area contributed by atoms with Gasteiger partial charge in [-0.25, -0.2) is 4.79 Å². The van der Waals surface area contributed by atoms with Gasteiger partial charge >= 0.3 is 18.4 Å². The highest BCUT2D eigenvalue weighted by Gasteiger charge is 2.71. The highest BCUT2D eigenvalue weighted by atomic mass is 19.4. The number of hydrogen-bond acceptors (Lipinski definition) is 6. The molecule has 47 heavy (non-hydrogen) atoms. The number of carbonyl (C=O) groups excluding carboxylic acids is 2. The summed E-state index contributed by atoms with van der Waals surface area (Å²) in [5.74, 6) is 0.597. The number of amides is 3. The summed E-state index contributed by atoms with van der Waals surface area (Å²) in [4.78, 5) is 27.8. The van der Waals surface area contributed by atoms with Crippen molar-refractivity contribution in [2.75, 3.05) is 26.4 Å². The lowest BCUT2D eigenvalue weighted by atomic mass is 9.77. The largest absolute Gasteiger partial charge is 0.493 e. The van der Waals surface area contributed by atoms with Crippen LogP contribution < -0.4 is 10.1 Å². The first-order valence-corrected chi connectivity index (χ1v) is 16.0. The first-order chi connectivity index (χ1) is 22.0. The molecule has 14 heteroatoms. The minimum atomic E-state index is -6.01. The predicted octanol–water partition coefficient (Wildman–Crippen LogP) is 6.84. The summed E-state index contributed by atoms with van der Waals surface area (Å²) < 4.78 is 99.8. The number of rotatable bonds is 13. The number of ether oxygens (including phenoxy) is 3. The summed E-state index contributed by atoms with van der Waals surface area (Å²) in [6.07, 6.45) is -6.35. The summed E-state index contributed by atoms with van der Waals surface area (Å²) in [6, 6.07) is 0.939. The minimum absolute atomic E-state index is 0.0339. The van der Waals surface area contributed by atoms with Crippen LogP contribution in [0.3, 0.4) is 0 Å². The van der Waals surface area contributed by atoms with E-state index in [0.717, 1.165) is 17.0 Å². The number of nitrogens with one attached hydrogen (secondary N) is 1. The molecule has 8 nitrogen and oxygen atoms in total. The zero-order valence-corrected chi connectivity index (χ0v) is 26.9. The third-order valence-corrected chi connectivity index (χ3v) is 8.82. The van der Waals surface area contributed by atoms with Crippen LogP contribution in [0.1, 0.15) is 76.5 Å². The molecule has 2 N–H and O–H groups in total. The number of imide groups is 1. The first-order valence-electron chi connectivity index (χ1n) is 16.0. The van der Waals surface area contributed by atoms with Crippen molar-refractivity contribution >= 4 is 11.9 Å². The van der Waals surface area contributed by atoms with Crippen molar-refractivity contribution in [3.8, 4) is 5.75 Å². The van der Waals surface area contributed by atoms with Crippen molar-refractivity contribution in [1.82, 2.24) is 10.2 Å². The fraction of sp³-hybridized carbons (Fsp3) is 0.636. The molecule has 1 aromatic rings. The van der Waals surface area contributed by atoms with Gasteiger partial charge in [-0.2, -0.15) is 26.3 Å². The Balaban J connectivity index is 1.47. The Morgan fingerprint density at radius 2 is 1.70 bits per heavy atom. The predicted molar refractivity (Wildman–Crippen MR) is 159 cm³/mol. The third-order valence-electron chi connectivity index (χ3n) is 8.82. The van der Waals surface area contributed by atoms with Gasteiger partial charge in [-0.1, -0.05) is 40.2 Å². The van der Waals surface area contributed by atoms with Crippen molar-refractivity contribution in [2.45, 2.75) is 96.1 Å². The molecule has 2 atom stereocenters. The molecule has 0 spiro atoms. The fourth-order valence-electron chi connectivity index (χ4n) is 6.41. The van der Waals surface area contributed by atoms with Crippen molar-refractivity contribution in [1.29, 1.82) is 0 Å².